The largest absolute Gasteiger partial charge is 0.491 e. The molecule has 0 unspecified atom stereocenters. The number of halogens is 1. The van der Waals surface area contributed by atoms with Crippen molar-refractivity contribution in [2.75, 3.05) is 12.4 Å². The van der Waals surface area contributed by atoms with Crippen LogP contribution in [0.15, 0.2) is 18.2 Å². The minimum absolute atomic E-state index is 0.0675. The summed E-state index contributed by atoms with van der Waals surface area (Å²) in [5.74, 6) is -0.968. The van der Waals surface area contributed by atoms with Crippen LogP contribution in [0.5, 0.6) is 5.75 Å². The fourth-order valence-corrected chi connectivity index (χ4v) is 2.09. The third kappa shape index (κ3) is 5.93. The zero-order valence-electron chi connectivity index (χ0n) is 10.6. The molecular weight excluding hydrogens is 291 g/mol. The molecule has 0 spiro atoms. The zero-order chi connectivity index (χ0) is 15.2. The molecule has 7 nitrogen and oxygen atoms in total. The lowest BCUT2D eigenvalue weighted by atomic mass is 10.2. The molecule has 0 saturated carbocycles. The quantitative estimate of drug-likeness (QED) is 0.445. The van der Waals surface area contributed by atoms with Crippen LogP contribution in [0.2, 0.25) is 0 Å². The maximum atomic E-state index is 13.4. The summed E-state index contributed by atoms with van der Waals surface area (Å²) in [6, 6.07) is 3.13. The van der Waals surface area contributed by atoms with Gasteiger partial charge in [-0.3, -0.25) is 10.1 Å². The first-order chi connectivity index (χ1) is 9.29. The van der Waals surface area contributed by atoms with Crippen molar-refractivity contribution in [2.45, 2.75) is 19.3 Å². The Kier molecular flexibility index (Phi) is 5.83. The number of rotatable bonds is 8. The van der Waals surface area contributed by atoms with Crippen LogP contribution in [0.3, 0.4) is 0 Å². The van der Waals surface area contributed by atoms with E-state index in [1.165, 1.54) is 6.07 Å². The lowest BCUT2D eigenvalue weighted by Gasteiger charge is -2.06. The van der Waals surface area contributed by atoms with Crippen LogP contribution < -0.4 is 9.88 Å². The topological polar surface area (TPSA) is 113 Å². The van der Waals surface area contributed by atoms with E-state index in [1.54, 1.807) is 0 Å². The second kappa shape index (κ2) is 7.15. The van der Waals surface area contributed by atoms with Crippen LogP contribution in [0, 0.1) is 15.9 Å². The normalized spacial score (nSPS) is 11.3. The molecule has 112 valence electrons. The Morgan fingerprint density at radius 3 is 2.55 bits per heavy atom. The van der Waals surface area contributed by atoms with Crippen LogP contribution >= 0.6 is 0 Å². The van der Waals surface area contributed by atoms with Gasteiger partial charge in [-0.2, -0.15) is 0 Å². The Morgan fingerprint density at radius 1 is 1.30 bits per heavy atom. The third-order valence-electron chi connectivity index (χ3n) is 2.46. The molecule has 0 radical (unpaired) electrons. The van der Waals surface area contributed by atoms with Gasteiger partial charge in [0.05, 0.1) is 23.3 Å². The number of unbranched alkanes of at least 4 members (excludes halogenated alkanes) is 2. The number of benzene rings is 1. The third-order valence-corrected chi connectivity index (χ3v) is 3.31. The number of ether oxygens (including phenoxy) is 1. The summed E-state index contributed by atoms with van der Waals surface area (Å²) in [5.41, 5.74) is -0.344. The maximum Gasteiger partial charge on any atom is 0.272 e. The highest BCUT2D eigenvalue weighted by Gasteiger charge is 2.11. The predicted molar refractivity (Wildman–Crippen MR) is 70.4 cm³/mol. The molecule has 0 saturated heterocycles. The van der Waals surface area contributed by atoms with Gasteiger partial charge in [0.2, 0.25) is 10.0 Å². The number of hydrogen-bond acceptors (Lipinski definition) is 5. The van der Waals surface area contributed by atoms with Gasteiger partial charge in [0.15, 0.2) is 11.6 Å². The molecule has 0 aliphatic carbocycles. The lowest BCUT2D eigenvalue weighted by Crippen LogP contribution is -2.16. The molecule has 9 heteroatoms. The van der Waals surface area contributed by atoms with Gasteiger partial charge >= 0.3 is 0 Å². The number of nitrogens with zero attached hydrogens (tertiary/aromatic N) is 1. The minimum Gasteiger partial charge on any atom is -0.491 e. The number of primary sulfonamides is 1. The van der Waals surface area contributed by atoms with E-state index in [4.69, 9.17) is 9.88 Å². The summed E-state index contributed by atoms with van der Waals surface area (Å²) >= 11 is 0. The highest BCUT2D eigenvalue weighted by molar-refractivity contribution is 7.89. The number of nitro benzene ring substituents is 1. The molecule has 1 rings (SSSR count). The van der Waals surface area contributed by atoms with Gasteiger partial charge in [0.1, 0.15) is 0 Å². The Morgan fingerprint density at radius 2 is 2.00 bits per heavy atom. The van der Waals surface area contributed by atoms with Crippen LogP contribution in [0.25, 0.3) is 0 Å². The van der Waals surface area contributed by atoms with E-state index < -0.39 is 20.8 Å². The van der Waals surface area contributed by atoms with Crippen molar-refractivity contribution in [3.05, 3.63) is 34.1 Å². The van der Waals surface area contributed by atoms with Gasteiger partial charge in [0, 0.05) is 6.07 Å². The summed E-state index contributed by atoms with van der Waals surface area (Å²) in [6.07, 6.45) is 1.52. The summed E-state index contributed by atoms with van der Waals surface area (Å²) in [5, 5.41) is 15.3. The second-order valence-electron chi connectivity index (χ2n) is 4.15. The van der Waals surface area contributed by atoms with Crippen molar-refractivity contribution in [1.82, 2.24) is 0 Å². The van der Waals surface area contributed by atoms with E-state index in [9.17, 15) is 22.9 Å². The van der Waals surface area contributed by atoms with Gasteiger partial charge in [-0.15, -0.1) is 0 Å². The van der Waals surface area contributed by atoms with E-state index in [0.29, 0.717) is 19.3 Å². The van der Waals surface area contributed by atoms with Crippen molar-refractivity contribution < 1.29 is 22.5 Å². The Bertz CT molecular complexity index is 576. The fraction of sp³-hybridized carbons (Fsp3) is 0.455. The SMILES string of the molecule is NS(=O)(=O)CCCCCOc1ccc([N+](=O)[O-])cc1F. The molecule has 0 aromatic heterocycles. The summed E-state index contributed by atoms with van der Waals surface area (Å²) in [6.45, 7) is 0.194. The van der Waals surface area contributed by atoms with Crippen molar-refractivity contribution in [2.24, 2.45) is 5.14 Å². The number of nitro groups is 1. The smallest absolute Gasteiger partial charge is 0.272 e. The number of non-ortho nitro benzene ring substituents is 1. The average Bonchev–Trinajstić information content (AvgIpc) is 2.33. The lowest BCUT2D eigenvalue weighted by molar-refractivity contribution is -0.385. The predicted octanol–water partition coefficient (Wildman–Crippen LogP) is 1.57. The summed E-state index contributed by atoms with van der Waals surface area (Å²) in [4.78, 5) is 9.72. The molecule has 0 aliphatic heterocycles. The van der Waals surface area contributed by atoms with Gasteiger partial charge < -0.3 is 4.74 Å². The molecule has 2 N–H and O–H groups in total. The van der Waals surface area contributed by atoms with Crippen molar-refractivity contribution in [3.8, 4) is 5.75 Å². The summed E-state index contributed by atoms with van der Waals surface area (Å²) in [7, 11) is -3.45. The van der Waals surface area contributed by atoms with Gasteiger partial charge in [-0.1, -0.05) is 0 Å². The molecule has 0 atom stereocenters. The maximum absolute atomic E-state index is 13.4. The second-order valence-corrected chi connectivity index (χ2v) is 5.88. The molecule has 20 heavy (non-hydrogen) atoms. The average molecular weight is 306 g/mol. The first kappa shape index (κ1) is 16.3. The highest BCUT2D eigenvalue weighted by atomic mass is 32.2. The van der Waals surface area contributed by atoms with Crippen LogP contribution in [0.1, 0.15) is 19.3 Å². The van der Waals surface area contributed by atoms with E-state index >= 15 is 0 Å². The van der Waals surface area contributed by atoms with Crippen molar-refractivity contribution >= 4 is 15.7 Å². The summed E-state index contributed by atoms with van der Waals surface area (Å²) < 4.78 is 39.9. The fourth-order valence-electron chi connectivity index (χ4n) is 1.48. The van der Waals surface area contributed by atoms with Crippen molar-refractivity contribution in [3.63, 3.8) is 0 Å². The Hall–Kier alpha value is -1.74. The molecule has 0 fully saturated rings. The van der Waals surface area contributed by atoms with Gasteiger partial charge in [-0.05, 0) is 25.3 Å². The van der Waals surface area contributed by atoms with Crippen LogP contribution in [0.4, 0.5) is 10.1 Å². The minimum atomic E-state index is -3.45. The first-order valence-corrected chi connectivity index (χ1v) is 7.58. The molecule has 0 aliphatic rings. The van der Waals surface area contributed by atoms with Gasteiger partial charge in [-0.25, -0.2) is 17.9 Å². The monoisotopic (exact) mass is 306 g/mol. The van der Waals surface area contributed by atoms with Crippen LogP contribution in [-0.2, 0) is 10.0 Å². The van der Waals surface area contributed by atoms with E-state index in [1.807, 2.05) is 0 Å². The number of hydrogen-bond donors (Lipinski definition) is 1. The van der Waals surface area contributed by atoms with Crippen LogP contribution in [-0.4, -0.2) is 25.7 Å². The molecule has 1 aromatic rings. The zero-order valence-corrected chi connectivity index (χ0v) is 11.4. The molecule has 1 aromatic carbocycles. The van der Waals surface area contributed by atoms with Crippen molar-refractivity contribution in [1.29, 1.82) is 0 Å². The molecule has 0 heterocycles. The first-order valence-electron chi connectivity index (χ1n) is 5.87. The van der Waals surface area contributed by atoms with E-state index in [2.05, 4.69) is 0 Å². The van der Waals surface area contributed by atoms with E-state index in [0.717, 1.165) is 12.1 Å². The number of nitrogens with two attached hydrogens (primary N) is 1. The van der Waals surface area contributed by atoms with Gasteiger partial charge in [0.25, 0.3) is 5.69 Å². The van der Waals surface area contributed by atoms with E-state index in [-0.39, 0.29) is 23.8 Å². The molecular formula is C11H15FN2O5S. The highest BCUT2D eigenvalue weighted by Crippen LogP contribution is 2.22. The standard InChI is InChI=1S/C11H15FN2O5S/c12-10-8-9(14(15)16)4-5-11(10)19-6-2-1-3-7-20(13,17)18/h4-5,8H,1-3,6-7H2,(H2,13,17,18). The Labute approximate surface area is 115 Å². The Balaban J connectivity index is 2.34. The molecule has 0 bridgehead atoms. The molecule has 0 amide bonds. The number of sulfonamides is 1.